The number of nitrogens with one attached hydrogen (secondary N) is 1. The van der Waals surface area contributed by atoms with Crippen molar-refractivity contribution >= 4 is 22.2 Å². The van der Waals surface area contributed by atoms with E-state index in [9.17, 15) is 0 Å². The van der Waals surface area contributed by atoms with Gasteiger partial charge in [-0.25, -0.2) is 4.98 Å². The number of aromatic nitrogens is 2. The maximum Gasteiger partial charge on any atom is 0.187 e. The summed E-state index contributed by atoms with van der Waals surface area (Å²) in [6.07, 6.45) is 3.57. The first-order chi connectivity index (χ1) is 9.72. The molecule has 0 aliphatic carbocycles. The van der Waals surface area contributed by atoms with Gasteiger partial charge in [0.05, 0.1) is 5.69 Å². The zero-order valence-corrected chi connectivity index (χ0v) is 12.2. The van der Waals surface area contributed by atoms with Crippen molar-refractivity contribution in [3.05, 3.63) is 59.2 Å². The van der Waals surface area contributed by atoms with Crippen molar-refractivity contribution in [1.82, 2.24) is 9.97 Å². The van der Waals surface area contributed by atoms with Crippen LogP contribution in [0.2, 0.25) is 0 Å². The summed E-state index contributed by atoms with van der Waals surface area (Å²) < 4.78 is 0. The Morgan fingerprint density at radius 1 is 1.05 bits per heavy atom. The lowest BCUT2D eigenvalue weighted by Crippen LogP contribution is -1.93. The average molecular weight is 281 g/mol. The number of pyridine rings is 1. The fraction of sp³-hybridized carbons (Fsp3) is 0.125. The van der Waals surface area contributed by atoms with Crippen molar-refractivity contribution in [2.75, 3.05) is 5.32 Å². The molecule has 0 spiro atoms. The molecule has 3 nitrogen and oxygen atoms in total. The predicted octanol–water partition coefficient (Wildman–Crippen LogP) is 4.57. The molecule has 3 rings (SSSR count). The monoisotopic (exact) mass is 281 g/mol. The smallest absolute Gasteiger partial charge is 0.187 e. The van der Waals surface area contributed by atoms with Crippen LogP contribution in [0, 0.1) is 13.8 Å². The molecule has 4 heteroatoms. The average Bonchev–Trinajstić information content (AvgIpc) is 2.92. The van der Waals surface area contributed by atoms with Gasteiger partial charge >= 0.3 is 0 Å². The van der Waals surface area contributed by atoms with Crippen LogP contribution >= 0.6 is 11.3 Å². The topological polar surface area (TPSA) is 37.8 Å². The molecule has 100 valence electrons. The fourth-order valence-corrected chi connectivity index (χ4v) is 2.70. The Morgan fingerprint density at radius 3 is 2.65 bits per heavy atom. The molecule has 1 N–H and O–H groups in total. The number of nitrogens with zero attached hydrogens (tertiary/aromatic N) is 2. The largest absolute Gasteiger partial charge is 0.331 e. The number of anilines is 2. The second-order valence-electron chi connectivity index (χ2n) is 4.72. The second-order valence-corrected chi connectivity index (χ2v) is 5.58. The van der Waals surface area contributed by atoms with Crippen LogP contribution in [0.1, 0.15) is 11.1 Å². The van der Waals surface area contributed by atoms with E-state index >= 15 is 0 Å². The van der Waals surface area contributed by atoms with E-state index in [1.165, 1.54) is 11.1 Å². The fourth-order valence-electron chi connectivity index (χ4n) is 1.97. The Morgan fingerprint density at radius 2 is 1.85 bits per heavy atom. The van der Waals surface area contributed by atoms with Crippen LogP contribution in [-0.2, 0) is 0 Å². The summed E-state index contributed by atoms with van der Waals surface area (Å²) in [6, 6.07) is 10.3. The quantitative estimate of drug-likeness (QED) is 0.764. The summed E-state index contributed by atoms with van der Waals surface area (Å²) in [5, 5.41) is 6.36. The molecule has 0 aliphatic rings. The van der Waals surface area contributed by atoms with Crippen molar-refractivity contribution in [1.29, 1.82) is 0 Å². The number of benzene rings is 1. The molecule has 1 aromatic carbocycles. The third kappa shape index (κ3) is 2.70. The standard InChI is InChI=1S/C16H15N3S/c1-11-3-4-12(2)14(9-11)18-16-19-15(10-20-16)13-5-7-17-8-6-13/h3-10H,1-2H3,(H,18,19). The molecule has 0 amide bonds. The summed E-state index contributed by atoms with van der Waals surface area (Å²) in [5.74, 6) is 0. The van der Waals surface area contributed by atoms with Gasteiger partial charge < -0.3 is 5.32 Å². The van der Waals surface area contributed by atoms with Crippen LogP contribution in [-0.4, -0.2) is 9.97 Å². The number of hydrogen-bond donors (Lipinski definition) is 1. The van der Waals surface area contributed by atoms with Gasteiger partial charge in [0.25, 0.3) is 0 Å². The second kappa shape index (κ2) is 5.43. The Kier molecular flexibility index (Phi) is 3.48. The van der Waals surface area contributed by atoms with Crippen LogP contribution in [0.3, 0.4) is 0 Å². The van der Waals surface area contributed by atoms with E-state index in [0.717, 1.165) is 22.1 Å². The van der Waals surface area contributed by atoms with Crippen LogP contribution < -0.4 is 5.32 Å². The highest BCUT2D eigenvalue weighted by molar-refractivity contribution is 7.14. The molecule has 0 fully saturated rings. The molecule has 0 bridgehead atoms. The lowest BCUT2D eigenvalue weighted by atomic mass is 10.1. The molecule has 0 atom stereocenters. The van der Waals surface area contributed by atoms with Crippen LogP contribution in [0.5, 0.6) is 0 Å². The van der Waals surface area contributed by atoms with E-state index in [-0.39, 0.29) is 0 Å². The molecule has 20 heavy (non-hydrogen) atoms. The van der Waals surface area contributed by atoms with Crippen molar-refractivity contribution in [3.63, 3.8) is 0 Å². The molecule has 0 radical (unpaired) electrons. The highest BCUT2D eigenvalue weighted by atomic mass is 32.1. The predicted molar refractivity (Wildman–Crippen MR) is 84.5 cm³/mol. The SMILES string of the molecule is Cc1ccc(C)c(Nc2nc(-c3ccncc3)cs2)c1. The zero-order chi connectivity index (χ0) is 13.9. The van der Waals surface area contributed by atoms with Gasteiger partial charge in [0, 0.05) is 29.0 Å². The van der Waals surface area contributed by atoms with Crippen LogP contribution in [0.4, 0.5) is 10.8 Å². The summed E-state index contributed by atoms with van der Waals surface area (Å²) in [7, 11) is 0. The molecular weight excluding hydrogens is 266 g/mol. The normalized spacial score (nSPS) is 10.5. The third-order valence-corrected chi connectivity index (χ3v) is 3.87. The van der Waals surface area contributed by atoms with E-state index < -0.39 is 0 Å². The summed E-state index contributed by atoms with van der Waals surface area (Å²) >= 11 is 1.61. The Balaban J connectivity index is 1.86. The van der Waals surface area contributed by atoms with Crippen molar-refractivity contribution in [2.24, 2.45) is 0 Å². The summed E-state index contributed by atoms with van der Waals surface area (Å²) in [4.78, 5) is 8.65. The van der Waals surface area contributed by atoms with Gasteiger partial charge in [0.15, 0.2) is 5.13 Å². The lowest BCUT2D eigenvalue weighted by molar-refractivity contribution is 1.31. The van der Waals surface area contributed by atoms with Gasteiger partial charge in [-0.2, -0.15) is 0 Å². The van der Waals surface area contributed by atoms with Gasteiger partial charge in [-0.05, 0) is 43.2 Å². The molecule has 0 saturated carbocycles. The van der Waals surface area contributed by atoms with Gasteiger partial charge in [-0.3, -0.25) is 4.98 Å². The minimum Gasteiger partial charge on any atom is -0.331 e. The molecule has 0 saturated heterocycles. The number of aryl methyl sites for hydroxylation is 2. The Bertz CT molecular complexity index is 720. The minimum atomic E-state index is 0.908. The maximum atomic E-state index is 4.63. The van der Waals surface area contributed by atoms with E-state index in [1.54, 1.807) is 23.7 Å². The molecule has 3 aromatic rings. The molecular formula is C16H15N3S. The van der Waals surface area contributed by atoms with Gasteiger partial charge in [-0.15, -0.1) is 11.3 Å². The zero-order valence-electron chi connectivity index (χ0n) is 11.4. The highest BCUT2D eigenvalue weighted by Crippen LogP contribution is 2.28. The van der Waals surface area contributed by atoms with Crippen molar-refractivity contribution < 1.29 is 0 Å². The first-order valence-electron chi connectivity index (χ1n) is 6.42. The van der Waals surface area contributed by atoms with E-state index in [0.29, 0.717) is 0 Å². The number of rotatable bonds is 3. The first kappa shape index (κ1) is 12.8. The number of hydrogen-bond acceptors (Lipinski definition) is 4. The Hall–Kier alpha value is -2.20. The maximum absolute atomic E-state index is 4.63. The van der Waals surface area contributed by atoms with Crippen LogP contribution in [0.25, 0.3) is 11.3 Å². The molecule has 0 unspecified atom stereocenters. The van der Waals surface area contributed by atoms with E-state index in [4.69, 9.17) is 0 Å². The molecule has 2 heterocycles. The first-order valence-corrected chi connectivity index (χ1v) is 7.30. The van der Waals surface area contributed by atoms with Gasteiger partial charge in [0.2, 0.25) is 0 Å². The summed E-state index contributed by atoms with van der Waals surface area (Å²) in [5.41, 5.74) is 5.64. The molecule has 2 aromatic heterocycles. The summed E-state index contributed by atoms with van der Waals surface area (Å²) in [6.45, 7) is 4.19. The lowest BCUT2D eigenvalue weighted by Gasteiger charge is -2.07. The number of thiazole rings is 1. The Labute approximate surface area is 122 Å². The van der Waals surface area contributed by atoms with E-state index in [1.807, 2.05) is 12.1 Å². The molecule has 0 aliphatic heterocycles. The highest BCUT2D eigenvalue weighted by Gasteiger charge is 2.06. The third-order valence-electron chi connectivity index (χ3n) is 3.11. The van der Waals surface area contributed by atoms with Crippen molar-refractivity contribution in [3.8, 4) is 11.3 Å². The van der Waals surface area contributed by atoms with Crippen LogP contribution in [0.15, 0.2) is 48.1 Å². The van der Waals surface area contributed by atoms with Gasteiger partial charge in [-0.1, -0.05) is 12.1 Å². The van der Waals surface area contributed by atoms with Crippen molar-refractivity contribution in [2.45, 2.75) is 13.8 Å². The van der Waals surface area contributed by atoms with Gasteiger partial charge in [0.1, 0.15) is 0 Å². The minimum absolute atomic E-state index is 0.908. The van der Waals surface area contributed by atoms with E-state index in [2.05, 4.69) is 52.7 Å².